The molecule has 52 valence electrons. The molecular formula is C7H7FN2. The summed E-state index contributed by atoms with van der Waals surface area (Å²) in [6.07, 6.45) is 0. The van der Waals surface area contributed by atoms with Crippen LogP contribution in [0.2, 0.25) is 0 Å². The van der Waals surface area contributed by atoms with Crippen LogP contribution in [-0.2, 0) is 0 Å². The fourth-order valence-corrected chi connectivity index (χ4v) is 0.513. The SMILES string of the molecule is N#Cc1ccccc1.NF. The molecule has 1 aromatic carbocycles. The van der Waals surface area contributed by atoms with E-state index >= 15 is 0 Å². The third-order valence-electron chi connectivity index (χ3n) is 0.903. The number of rotatable bonds is 0. The van der Waals surface area contributed by atoms with Crippen molar-refractivity contribution in [3.8, 4) is 6.07 Å². The molecule has 0 unspecified atom stereocenters. The van der Waals surface area contributed by atoms with E-state index in [2.05, 4.69) is 5.96 Å². The second kappa shape index (κ2) is 5.73. The molecule has 0 aliphatic heterocycles. The number of hydrogen-bond donors (Lipinski definition) is 1. The minimum Gasteiger partial charge on any atom is -0.192 e. The topological polar surface area (TPSA) is 49.8 Å². The minimum atomic E-state index is 0.715. The number of hydrogen-bond acceptors (Lipinski definition) is 2. The van der Waals surface area contributed by atoms with Gasteiger partial charge in [0.05, 0.1) is 11.6 Å². The Labute approximate surface area is 58.6 Å². The molecule has 2 nitrogen and oxygen atoms in total. The quantitative estimate of drug-likeness (QED) is 0.550. The van der Waals surface area contributed by atoms with Crippen LogP contribution in [0, 0.1) is 11.3 Å². The molecule has 0 heterocycles. The van der Waals surface area contributed by atoms with E-state index in [0.29, 0.717) is 5.56 Å². The monoisotopic (exact) mass is 138 g/mol. The maximum atomic E-state index is 9.00. The first-order valence-electron chi connectivity index (χ1n) is 2.60. The smallest absolute Gasteiger partial charge is 0.0991 e. The van der Waals surface area contributed by atoms with Crippen molar-refractivity contribution < 1.29 is 4.48 Å². The van der Waals surface area contributed by atoms with Crippen LogP contribution in [0.1, 0.15) is 5.56 Å². The Kier molecular flexibility index (Phi) is 4.93. The minimum absolute atomic E-state index is 0.715. The summed E-state index contributed by atoms with van der Waals surface area (Å²) in [6, 6.07) is 11.2. The van der Waals surface area contributed by atoms with Gasteiger partial charge >= 0.3 is 0 Å². The molecule has 0 aromatic heterocycles. The molecule has 0 aliphatic rings. The molecule has 2 N–H and O–H groups in total. The number of nitrogens with two attached hydrogens (primary N) is 1. The van der Waals surface area contributed by atoms with Crippen LogP contribution in [0.15, 0.2) is 30.3 Å². The average Bonchev–Trinajstić information content (AvgIpc) is 2.10. The number of nitriles is 1. The molecular weight excluding hydrogens is 131 g/mol. The van der Waals surface area contributed by atoms with Gasteiger partial charge < -0.3 is 0 Å². The lowest BCUT2D eigenvalue weighted by Gasteiger charge is -1.80. The highest BCUT2D eigenvalue weighted by molar-refractivity contribution is 5.27. The van der Waals surface area contributed by atoms with E-state index in [1.54, 1.807) is 12.1 Å². The number of benzene rings is 1. The van der Waals surface area contributed by atoms with Gasteiger partial charge in [0.25, 0.3) is 0 Å². The first-order valence-corrected chi connectivity index (χ1v) is 2.60. The van der Waals surface area contributed by atoms with Gasteiger partial charge in [-0.05, 0) is 12.1 Å². The zero-order valence-corrected chi connectivity index (χ0v) is 5.29. The normalized spacial score (nSPS) is 6.90. The predicted octanol–water partition coefficient (Wildman–Crippen LogP) is 1.39. The van der Waals surface area contributed by atoms with Crippen molar-refractivity contribution in [2.45, 2.75) is 0 Å². The molecule has 1 rings (SSSR count). The van der Waals surface area contributed by atoms with Crippen LogP contribution in [-0.4, -0.2) is 0 Å². The molecule has 0 atom stereocenters. The van der Waals surface area contributed by atoms with Crippen molar-refractivity contribution in [1.82, 2.24) is 0 Å². The van der Waals surface area contributed by atoms with Crippen molar-refractivity contribution in [2.24, 2.45) is 5.96 Å². The van der Waals surface area contributed by atoms with E-state index in [9.17, 15) is 0 Å². The summed E-state index contributed by atoms with van der Waals surface area (Å²) in [5.74, 6) is 3.00. The Morgan fingerprint density at radius 3 is 2.00 bits per heavy atom. The molecule has 0 fully saturated rings. The molecule has 0 radical (unpaired) electrons. The molecule has 3 heteroatoms. The average molecular weight is 138 g/mol. The summed E-state index contributed by atoms with van der Waals surface area (Å²) in [6.45, 7) is 0. The fraction of sp³-hybridized carbons (Fsp3) is 0. The highest BCUT2D eigenvalue weighted by Crippen LogP contribution is 1.92. The van der Waals surface area contributed by atoms with E-state index < -0.39 is 0 Å². The van der Waals surface area contributed by atoms with Crippen molar-refractivity contribution in [1.29, 1.82) is 5.26 Å². The molecule has 1 aromatic rings. The second-order valence-electron chi connectivity index (χ2n) is 1.48. The van der Waals surface area contributed by atoms with Crippen molar-refractivity contribution in [2.75, 3.05) is 0 Å². The van der Waals surface area contributed by atoms with E-state index in [1.165, 1.54) is 0 Å². The van der Waals surface area contributed by atoms with Gasteiger partial charge in [0, 0.05) is 0 Å². The molecule has 0 aliphatic carbocycles. The van der Waals surface area contributed by atoms with Crippen molar-refractivity contribution >= 4 is 0 Å². The summed E-state index contributed by atoms with van der Waals surface area (Å²) >= 11 is 0. The fourth-order valence-electron chi connectivity index (χ4n) is 0.513. The van der Waals surface area contributed by atoms with Crippen LogP contribution in [0.4, 0.5) is 4.48 Å². The van der Waals surface area contributed by atoms with Crippen LogP contribution in [0.3, 0.4) is 0 Å². The summed E-state index contributed by atoms with van der Waals surface area (Å²) in [5.41, 5.74) is 0.715. The van der Waals surface area contributed by atoms with Crippen molar-refractivity contribution in [3.63, 3.8) is 0 Å². The third kappa shape index (κ3) is 2.80. The zero-order chi connectivity index (χ0) is 7.82. The van der Waals surface area contributed by atoms with E-state index in [0.717, 1.165) is 0 Å². The molecule has 0 amide bonds. The largest absolute Gasteiger partial charge is 0.192 e. The van der Waals surface area contributed by atoms with E-state index in [-0.39, 0.29) is 0 Å². The Balaban J connectivity index is 0.000000371. The lowest BCUT2D eigenvalue weighted by atomic mass is 10.2. The van der Waals surface area contributed by atoms with Gasteiger partial charge in [-0.2, -0.15) is 11.2 Å². The Morgan fingerprint density at radius 1 is 1.20 bits per heavy atom. The van der Waals surface area contributed by atoms with Crippen molar-refractivity contribution in [3.05, 3.63) is 35.9 Å². The molecule has 0 saturated carbocycles. The van der Waals surface area contributed by atoms with Crippen LogP contribution >= 0.6 is 0 Å². The zero-order valence-electron chi connectivity index (χ0n) is 5.29. The van der Waals surface area contributed by atoms with Gasteiger partial charge in [0.1, 0.15) is 0 Å². The van der Waals surface area contributed by atoms with Gasteiger partial charge in [0.2, 0.25) is 0 Å². The van der Waals surface area contributed by atoms with E-state index in [1.807, 2.05) is 24.3 Å². The summed E-state index contributed by atoms with van der Waals surface area (Å²) in [4.78, 5) is 0. The Hall–Kier alpha value is -1.40. The number of nitrogens with zero attached hydrogens (tertiary/aromatic N) is 1. The molecule has 0 bridgehead atoms. The van der Waals surface area contributed by atoms with Crippen LogP contribution in [0.25, 0.3) is 0 Å². The maximum absolute atomic E-state index is 9.00. The van der Waals surface area contributed by atoms with Gasteiger partial charge in [0.15, 0.2) is 0 Å². The van der Waals surface area contributed by atoms with Gasteiger partial charge in [-0.15, -0.1) is 4.48 Å². The summed E-state index contributed by atoms with van der Waals surface area (Å²) < 4.78 is 9.00. The van der Waals surface area contributed by atoms with Crippen LogP contribution in [0.5, 0.6) is 0 Å². The summed E-state index contributed by atoms with van der Waals surface area (Å²) in [5, 5.41) is 8.29. The van der Waals surface area contributed by atoms with E-state index in [4.69, 9.17) is 9.74 Å². The molecule has 0 saturated heterocycles. The highest BCUT2D eigenvalue weighted by atomic mass is 19.2. The maximum Gasteiger partial charge on any atom is 0.0991 e. The van der Waals surface area contributed by atoms with Gasteiger partial charge in [-0.3, -0.25) is 0 Å². The Bertz CT molecular complexity index is 203. The molecule has 0 spiro atoms. The Morgan fingerprint density at radius 2 is 1.70 bits per heavy atom. The highest BCUT2D eigenvalue weighted by Gasteiger charge is 1.79. The standard InChI is InChI=1S/C7H5N.FH2N/c8-6-7-4-2-1-3-5-7;1-2/h1-5H;2H2. The lowest BCUT2D eigenvalue weighted by molar-refractivity contribution is 0.530. The first kappa shape index (κ1) is 8.60. The second-order valence-corrected chi connectivity index (χ2v) is 1.48. The first-order chi connectivity index (χ1) is 4.93. The van der Waals surface area contributed by atoms with Gasteiger partial charge in [-0.1, -0.05) is 18.2 Å². The van der Waals surface area contributed by atoms with Crippen LogP contribution < -0.4 is 5.96 Å². The predicted molar refractivity (Wildman–Crippen MR) is 36.5 cm³/mol. The number of halogens is 1. The summed E-state index contributed by atoms with van der Waals surface area (Å²) in [7, 11) is 0. The van der Waals surface area contributed by atoms with Gasteiger partial charge in [-0.25, -0.2) is 0 Å². The lowest BCUT2D eigenvalue weighted by Crippen LogP contribution is -1.66. The molecule has 10 heavy (non-hydrogen) atoms. The third-order valence-corrected chi connectivity index (χ3v) is 0.903.